The van der Waals surface area contributed by atoms with E-state index in [1.807, 2.05) is 50.2 Å². The Morgan fingerprint density at radius 2 is 1.83 bits per heavy atom. The van der Waals surface area contributed by atoms with Gasteiger partial charge in [0.2, 0.25) is 11.8 Å². The molecule has 3 rings (SSSR count). The summed E-state index contributed by atoms with van der Waals surface area (Å²) in [5, 5.41) is 12.0. The molecule has 0 aliphatic carbocycles. The van der Waals surface area contributed by atoms with Crippen molar-refractivity contribution < 1.29 is 4.79 Å². The van der Waals surface area contributed by atoms with Gasteiger partial charge in [-0.15, -0.1) is 10.2 Å². The Labute approximate surface area is 138 Å². The molecule has 9 heteroatoms. The molecule has 0 fully saturated rings. The van der Waals surface area contributed by atoms with E-state index in [1.54, 1.807) is 0 Å². The zero-order chi connectivity index (χ0) is 16.9. The van der Waals surface area contributed by atoms with Crippen molar-refractivity contribution in [3.63, 3.8) is 0 Å². The summed E-state index contributed by atoms with van der Waals surface area (Å²) in [6, 6.07) is 11.3. The second-order valence-electron chi connectivity index (χ2n) is 5.16. The Morgan fingerprint density at radius 3 is 2.54 bits per heavy atom. The fraction of sp³-hybridized carbons (Fsp3) is 0.200. The van der Waals surface area contributed by atoms with Gasteiger partial charge in [-0.1, -0.05) is 30.3 Å². The Kier molecular flexibility index (Phi) is 4.41. The van der Waals surface area contributed by atoms with Crippen LogP contribution in [0.15, 0.2) is 36.4 Å². The largest absolute Gasteiger partial charge is 0.271 e. The lowest BCUT2D eigenvalue weighted by Gasteiger charge is -2.07. The number of tetrazole rings is 1. The van der Waals surface area contributed by atoms with Gasteiger partial charge >= 0.3 is 0 Å². The van der Waals surface area contributed by atoms with Crippen molar-refractivity contribution >= 4 is 11.9 Å². The monoisotopic (exact) mass is 324 g/mol. The van der Waals surface area contributed by atoms with Crippen LogP contribution in [0.2, 0.25) is 0 Å². The summed E-state index contributed by atoms with van der Waals surface area (Å²) < 4.78 is 0. The van der Waals surface area contributed by atoms with Crippen LogP contribution in [-0.2, 0) is 11.3 Å². The normalized spacial score (nSPS) is 10.4. The number of rotatable bonds is 5. The highest BCUT2D eigenvalue weighted by atomic mass is 16.2. The Bertz CT molecular complexity index is 825. The summed E-state index contributed by atoms with van der Waals surface area (Å²) >= 11 is 0. The van der Waals surface area contributed by atoms with Crippen LogP contribution in [0.1, 0.15) is 11.4 Å². The van der Waals surface area contributed by atoms with Crippen molar-refractivity contribution in [2.24, 2.45) is 0 Å². The molecule has 1 amide bonds. The molecule has 0 saturated carbocycles. The maximum absolute atomic E-state index is 11.9. The zero-order valence-electron chi connectivity index (χ0n) is 13.3. The number of hydrogen-bond donors (Lipinski definition) is 2. The Morgan fingerprint density at radius 1 is 1.12 bits per heavy atom. The van der Waals surface area contributed by atoms with Crippen LogP contribution >= 0.6 is 0 Å². The second-order valence-corrected chi connectivity index (χ2v) is 5.16. The van der Waals surface area contributed by atoms with Crippen LogP contribution in [0.25, 0.3) is 11.4 Å². The molecule has 0 aliphatic rings. The molecule has 0 unspecified atom stereocenters. The third kappa shape index (κ3) is 3.88. The predicted molar refractivity (Wildman–Crippen MR) is 86.5 cm³/mol. The molecule has 9 nitrogen and oxygen atoms in total. The lowest BCUT2D eigenvalue weighted by atomic mass is 10.2. The minimum Gasteiger partial charge on any atom is -0.271 e. The minimum absolute atomic E-state index is 0.0718. The van der Waals surface area contributed by atoms with Crippen LogP contribution in [0, 0.1) is 13.8 Å². The molecular formula is C15H16N8O. The van der Waals surface area contributed by atoms with E-state index in [2.05, 4.69) is 36.2 Å². The van der Waals surface area contributed by atoms with Gasteiger partial charge in [0.1, 0.15) is 6.54 Å². The number of carbonyl (C=O) groups is 1. The van der Waals surface area contributed by atoms with Crippen LogP contribution in [0.3, 0.4) is 0 Å². The summed E-state index contributed by atoms with van der Waals surface area (Å²) in [6.45, 7) is 3.63. The van der Waals surface area contributed by atoms with Gasteiger partial charge in [0.15, 0.2) is 0 Å². The number of hydrazine groups is 1. The number of aromatic nitrogens is 6. The zero-order valence-corrected chi connectivity index (χ0v) is 13.3. The van der Waals surface area contributed by atoms with Gasteiger partial charge in [-0.3, -0.25) is 15.6 Å². The van der Waals surface area contributed by atoms with E-state index < -0.39 is 0 Å². The number of nitrogens with one attached hydrogen (secondary N) is 2. The Balaban J connectivity index is 1.58. The number of aryl methyl sites for hydroxylation is 2. The molecule has 0 spiro atoms. The van der Waals surface area contributed by atoms with E-state index in [1.165, 1.54) is 4.80 Å². The molecule has 1 aromatic carbocycles. The summed E-state index contributed by atoms with van der Waals surface area (Å²) in [7, 11) is 0. The lowest BCUT2D eigenvalue weighted by Crippen LogP contribution is -2.34. The molecule has 0 saturated heterocycles. The molecule has 2 heterocycles. The summed E-state index contributed by atoms with van der Waals surface area (Å²) in [5.41, 5.74) is 7.64. The molecule has 3 aromatic rings. The average Bonchev–Trinajstić information content (AvgIpc) is 3.01. The topological polar surface area (TPSA) is 111 Å². The first-order valence-corrected chi connectivity index (χ1v) is 7.30. The van der Waals surface area contributed by atoms with Crippen molar-refractivity contribution in [1.82, 2.24) is 35.6 Å². The highest BCUT2D eigenvalue weighted by molar-refractivity contribution is 5.76. The van der Waals surface area contributed by atoms with Crippen molar-refractivity contribution in [1.29, 1.82) is 0 Å². The number of anilines is 1. The van der Waals surface area contributed by atoms with E-state index in [0.717, 1.165) is 17.0 Å². The van der Waals surface area contributed by atoms with Crippen LogP contribution in [0.4, 0.5) is 5.95 Å². The molecule has 0 bridgehead atoms. The maximum Gasteiger partial charge on any atom is 0.262 e. The van der Waals surface area contributed by atoms with Gasteiger partial charge in [-0.2, -0.15) is 4.80 Å². The molecule has 2 aromatic heterocycles. The third-order valence-electron chi connectivity index (χ3n) is 3.07. The van der Waals surface area contributed by atoms with E-state index in [9.17, 15) is 4.79 Å². The van der Waals surface area contributed by atoms with E-state index in [-0.39, 0.29) is 12.5 Å². The van der Waals surface area contributed by atoms with Gasteiger partial charge < -0.3 is 0 Å². The molecule has 0 aliphatic heterocycles. The fourth-order valence-electron chi connectivity index (χ4n) is 2.09. The average molecular weight is 324 g/mol. The molecule has 24 heavy (non-hydrogen) atoms. The minimum atomic E-state index is -0.338. The van der Waals surface area contributed by atoms with E-state index >= 15 is 0 Å². The SMILES string of the molecule is Cc1cc(C)nc(NNC(=O)Cn2nnc(-c3ccccc3)n2)n1. The highest BCUT2D eigenvalue weighted by Crippen LogP contribution is 2.11. The smallest absolute Gasteiger partial charge is 0.262 e. The van der Waals surface area contributed by atoms with Gasteiger partial charge in [-0.05, 0) is 25.1 Å². The van der Waals surface area contributed by atoms with Crippen molar-refractivity contribution in [3.05, 3.63) is 47.8 Å². The van der Waals surface area contributed by atoms with Gasteiger partial charge in [0.05, 0.1) is 0 Å². The number of benzene rings is 1. The molecule has 0 atom stereocenters. The first kappa shape index (κ1) is 15.5. The fourth-order valence-corrected chi connectivity index (χ4v) is 2.09. The third-order valence-corrected chi connectivity index (χ3v) is 3.07. The molecule has 2 N–H and O–H groups in total. The first-order chi connectivity index (χ1) is 11.6. The highest BCUT2D eigenvalue weighted by Gasteiger charge is 2.09. The number of carbonyl (C=O) groups excluding carboxylic acids is 1. The molecule has 0 radical (unpaired) electrons. The van der Waals surface area contributed by atoms with Gasteiger partial charge in [-0.25, -0.2) is 9.97 Å². The number of amides is 1. The molecule has 122 valence electrons. The summed E-state index contributed by atoms with van der Waals surface area (Å²) in [6.07, 6.45) is 0. The van der Waals surface area contributed by atoms with E-state index in [4.69, 9.17) is 0 Å². The summed E-state index contributed by atoms with van der Waals surface area (Å²) in [4.78, 5) is 21.5. The quantitative estimate of drug-likeness (QED) is 0.670. The predicted octanol–water partition coefficient (Wildman–Crippen LogP) is 0.890. The Hall–Kier alpha value is -3.36. The van der Waals surface area contributed by atoms with Crippen LogP contribution < -0.4 is 10.9 Å². The second kappa shape index (κ2) is 6.82. The molecular weight excluding hydrogens is 308 g/mol. The van der Waals surface area contributed by atoms with Crippen LogP contribution in [0.5, 0.6) is 0 Å². The van der Waals surface area contributed by atoms with Gasteiger partial charge in [0.25, 0.3) is 5.91 Å². The first-order valence-electron chi connectivity index (χ1n) is 7.30. The van der Waals surface area contributed by atoms with Crippen molar-refractivity contribution in [3.8, 4) is 11.4 Å². The maximum atomic E-state index is 11.9. The standard InChI is InChI=1S/C15H16N8O/c1-10-8-11(2)17-15(16-10)20-18-13(24)9-23-21-14(19-22-23)12-6-4-3-5-7-12/h3-8H,9H2,1-2H3,(H,18,24)(H,16,17,20). The van der Waals surface area contributed by atoms with Gasteiger partial charge in [0, 0.05) is 17.0 Å². The number of nitrogens with zero attached hydrogens (tertiary/aromatic N) is 6. The van der Waals surface area contributed by atoms with Crippen molar-refractivity contribution in [2.45, 2.75) is 20.4 Å². The van der Waals surface area contributed by atoms with Crippen molar-refractivity contribution in [2.75, 3.05) is 5.43 Å². The number of hydrogen-bond acceptors (Lipinski definition) is 7. The lowest BCUT2D eigenvalue weighted by molar-refractivity contribution is -0.121. The summed E-state index contributed by atoms with van der Waals surface area (Å²) in [5.74, 6) is 0.459. The van der Waals surface area contributed by atoms with E-state index in [0.29, 0.717) is 11.8 Å². The van der Waals surface area contributed by atoms with Crippen LogP contribution in [-0.4, -0.2) is 36.1 Å².